The van der Waals surface area contributed by atoms with Gasteiger partial charge in [0.2, 0.25) is 17.3 Å². The van der Waals surface area contributed by atoms with Crippen molar-refractivity contribution in [1.82, 2.24) is 19.9 Å². The minimum Gasteiger partial charge on any atom is -0.437 e. The molecule has 3 aromatic rings. The Bertz CT molecular complexity index is 1110. The van der Waals surface area contributed by atoms with E-state index in [0.717, 1.165) is 36.2 Å². The third-order valence-electron chi connectivity index (χ3n) is 5.23. The number of anilines is 1. The number of aromatic nitrogens is 3. The van der Waals surface area contributed by atoms with Gasteiger partial charge in [0, 0.05) is 43.4 Å². The van der Waals surface area contributed by atoms with Crippen LogP contribution in [0.4, 0.5) is 5.82 Å². The first-order valence-corrected chi connectivity index (χ1v) is 10.4. The first-order chi connectivity index (χ1) is 15.1. The fourth-order valence-corrected chi connectivity index (χ4v) is 3.61. The zero-order valence-corrected chi connectivity index (χ0v) is 17.4. The Morgan fingerprint density at radius 2 is 1.94 bits per heavy atom. The quantitative estimate of drug-likeness (QED) is 0.609. The molecular weight excluding hydrogens is 394 g/mol. The van der Waals surface area contributed by atoms with E-state index in [9.17, 15) is 9.59 Å². The van der Waals surface area contributed by atoms with Gasteiger partial charge >= 0.3 is 0 Å². The number of H-pyrrole nitrogens is 1. The number of carbonyl (C=O) groups is 1. The van der Waals surface area contributed by atoms with Gasteiger partial charge in [-0.25, -0.2) is 0 Å². The number of hydrogen-bond donors (Lipinski definition) is 2. The largest absolute Gasteiger partial charge is 0.437 e. The van der Waals surface area contributed by atoms with E-state index in [4.69, 9.17) is 4.74 Å². The second-order valence-electron chi connectivity index (χ2n) is 7.49. The average molecular weight is 419 g/mol. The van der Waals surface area contributed by atoms with Gasteiger partial charge in [0.25, 0.3) is 0 Å². The Kier molecular flexibility index (Phi) is 6.26. The predicted molar refractivity (Wildman–Crippen MR) is 118 cm³/mol. The van der Waals surface area contributed by atoms with Crippen LogP contribution in [0.15, 0.2) is 53.6 Å². The SMILES string of the molecule is Cc1[nH]c(=O)ccc1-c1ccc(Oc2cncc(NCCN3CCCCC3=O)n2)cc1. The van der Waals surface area contributed by atoms with Gasteiger partial charge in [-0.2, -0.15) is 4.98 Å². The lowest BCUT2D eigenvalue weighted by Gasteiger charge is -2.26. The van der Waals surface area contributed by atoms with E-state index in [1.54, 1.807) is 12.4 Å². The maximum atomic E-state index is 11.9. The molecule has 1 amide bonds. The molecule has 0 saturated carbocycles. The molecule has 160 valence electrons. The van der Waals surface area contributed by atoms with E-state index in [1.807, 2.05) is 42.2 Å². The van der Waals surface area contributed by atoms with Gasteiger partial charge in [-0.3, -0.25) is 14.6 Å². The summed E-state index contributed by atoms with van der Waals surface area (Å²) in [4.78, 5) is 36.6. The Morgan fingerprint density at radius 1 is 1.10 bits per heavy atom. The number of pyridine rings is 1. The number of hydrogen-bond acceptors (Lipinski definition) is 6. The first-order valence-electron chi connectivity index (χ1n) is 10.4. The molecule has 3 heterocycles. The zero-order valence-electron chi connectivity index (χ0n) is 17.4. The molecule has 0 aliphatic carbocycles. The maximum absolute atomic E-state index is 11.9. The highest BCUT2D eigenvalue weighted by Crippen LogP contribution is 2.26. The number of rotatable bonds is 7. The lowest BCUT2D eigenvalue weighted by atomic mass is 10.0. The fraction of sp³-hybridized carbons (Fsp3) is 0.304. The summed E-state index contributed by atoms with van der Waals surface area (Å²) in [5.74, 6) is 1.84. The Labute approximate surface area is 180 Å². The second-order valence-corrected chi connectivity index (χ2v) is 7.49. The number of benzene rings is 1. The van der Waals surface area contributed by atoms with Crippen LogP contribution in [0, 0.1) is 6.92 Å². The molecule has 31 heavy (non-hydrogen) atoms. The van der Waals surface area contributed by atoms with Crippen molar-refractivity contribution in [2.24, 2.45) is 0 Å². The lowest BCUT2D eigenvalue weighted by Crippen LogP contribution is -2.38. The molecule has 2 N–H and O–H groups in total. The van der Waals surface area contributed by atoms with Crippen molar-refractivity contribution in [2.45, 2.75) is 26.2 Å². The molecule has 8 nitrogen and oxygen atoms in total. The van der Waals surface area contributed by atoms with Gasteiger partial charge in [-0.15, -0.1) is 0 Å². The molecule has 8 heteroatoms. The molecule has 1 fully saturated rings. The summed E-state index contributed by atoms with van der Waals surface area (Å²) in [7, 11) is 0. The van der Waals surface area contributed by atoms with E-state index in [0.29, 0.717) is 37.0 Å². The summed E-state index contributed by atoms with van der Waals surface area (Å²) >= 11 is 0. The van der Waals surface area contributed by atoms with Crippen LogP contribution in [0.25, 0.3) is 11.1 Å². The van der Waals surface area contributed by atoms with Gasteiger partial charge < -0.3 is 19.9 Å². The van der Waals surface area contributed by atoms with Crippen LogP contribution < -0.4 is 15.6 Å². The Hall–Kier alpha value is -3.68. The van der Waals surface area contributed by atoms with E-state index < -0.39 is 0 Å². The van der Waals surface area contributed by atoms with Crippen molar-refractivity contribution >= 4 is 11.7 Å². The van der Waals surface area contributed by atoms with Crippen LogP contribution in [-0.2, 0) is 4.79 Å². The Balaban J connectivity index is 1.36. The molecular formula is C23H25N5O3. The number of amides is 1. The molecule has 4 rings (SSSR count). The van der Waals surface area contributed by atoms with Gasteiger partial charge in [-0.05, 0) is 43.5 Å². The summed E-state index contributed by atoms with van der Waals surface area (Å²) in [6, 6.07) is 10.9. The van der Waals surface area contributed by atoms with Crippen molar-refractivity contribution in [3.63, 3.8) is 0 Å². The highest BCUT2D eigenvalue weighted by atomic mass is 16.5. The molecule has 0 bridgehead atoms. The number of likely N-dealkylation sites (tertiary alicyclic amines) is 1. The maximum Gasteiger partial charge on any atom is 0.248 e. The molecule has 1 aliphatic rings. The van der Waals surface area contributed by atoms with E-state index in [-0.39, 0.29) is 11.5 Å². The molecule has 0 unspecified atom stereocenters. The van der Waals surface area contributed by atoms with Crippen LogP contribution in [-0.4, -0.2) is 45.4 Å². The number of nitrogens with zero attached hydrogens (tertiary/aromatic N) is 3. The van der Waals surface area contributed by atoms with Gasteiger partial charge in [0.1, 0.15) is 11.6 Å². The number of carbonyl (C=O) groups excluding carboxylic acids is 1. The van der Waals surface area contributed by atoms with E-state index in [2.05, 4.69) is 20.3 Å². The van der Waals surface area contributed by atoms with Gasteiger partial charge in [0.15, 0.2) is 0 Å². The second kappa shape index (κ2) is 9.42. The third-order valence-corrected chi connectivity index (χ3v) is 5.23. The van der Waals surface area contributed by atoms with Crippen molar-refractivity contribution in [3.8, 4) is 22.8 Å². The number of ether oxygens (including phenoxy) is 1. The van der Waals surface area contributed by atoms with Gasteiger partial charge in [-0.1, -0.05) is 12.1 Å². The fourth-order valence-electron chi connectivity index (χ4n) is 3.61. The molecule has 2 aromatic heterocycles. The summed E-state index contributed by atoms with van der Waals surface area (Å²) in [6.45, 7) is 3.95. The van der Waals surface area contributed by atoms with Crippen molar-refractivity contribution in [2.75, 3.05) is 25.0 Å². The standard InChI is InChI=1S/C23H25N5O3/c1-16-19(9-10-21(29)26-16)17-5-7-18(8-6-17)31-22-15-24-14-20(27-22)25-11-13-28-12-3-2-4-23(28)30/h5-10,14-15H,2-4,11-13H2,1H3,(H,25,27)(H,26,29). The molecule has 1 aliphatic heterocycles. The summed E-state index contributed by atoms with van der Waals surface area (Å²) in [5, 5.41) is 3.20. The number of piperidine rings is 1. The smallest absolute Gasteiger partial charge is 0.248 e. The molecule has 1 saturated heterocycles. The predicted octanol–water partition coefficient (Wildman–Crippen LogP) is 3.36. The highest BCUT2D eigenvalue weighted by molar-refractivity contribution is 5.76. The van der Waals surface area contributed by atoms with E-state index in [1.165, 1.54) is 6.07 Å². The topological polar surface area (TPSA) is 100 Å². The zero-order chi connectivity index (χ0) is 21.6. The van der Waals surface area contributed by atoms with Crippen molar-refractivity contribution in [1.29, 1.82) is 0 Å². The molecule has 0 spiro atoms. The van der Waals surface area contributed by atoms with Crippen LogP contribution in [0.1, 0.15) is 25.0 Å². The van der Waals surface area contributed by atoms with E-state index >= 15 is 0 Å². The minimum absolute atomic E-state index is 0.115. The molecule has 1 aromatic carbocycles. The van der Waals surface area contributed by atoms with Crippen LogP contribution >= 0.6 is 0 Å². The molecule has 0 radical (unpaired) electrons. The summed E-state index contributed by atoms with van der Waals surface area (Å²) in [6.07, 6.45) is 5.88. The van der Waals surface area contributed by atoms with Crippen molar-refractivity contribution in [3.05, 3.63) is 64.8 Å². The number of aryl methyl sites for hydroxylation is 1. The average Bonchev–Trinajstić information content (AvgIpc) is 2.76. The minimum atomic E-state index is -0.115. The van der Waals surface area contributed by atoms with Crippen molar-refractivity contribution < 1.29 is 9.53 Å². The number of aromatic amines is 1. The molecule has 0 atom stereocenters. The van der Waals surface area contributed by atoms with Crippen LogP contribution in [0.3, 0.4) is 0 Å². The van der Waals surface area contributed by atoms with Crippen LogP contribution in [0.5, 0.6) is 11.6 Å². The van der Waals surface area contributed by atoms with Crippen LogP contribution in [0.2, 0.25) is 0 Å². The lowest BCUT2D eigenvalue weighted by molar-refractivity contribution is -0.133. The Morgan fingerprint density at radius 3 is 2.71 bits per heavy atom. The third kappa shape index (κ3) is 5.28. The summed E-state index contributed by atoms with van der Waals surface area (Å²) < 4.78 is 5.84. The first kappa shape index (κ1) is 20.6. The monoisotopic (exact) mass is 419 g/mol. The number of nitrogens with one attached hydrogen (secondary N) is 2. The normalized spacial score (nSPS) is 13.8. The highest BCUT2D eigenvalue weighted by Gasteiger charge is 2.17. The van der Waals surface area contributed by atoms with Gasteiger partial charge in [0.05, 0.1) is 12.4 Å². The summed E-state index contributed by atoms with van der Waals surface area (Å²) in [5.41, 5.74) is 2.65.